The Morgan fingerprint density at radius 1 is 1.62 bits per heavy atom. The summed E-state index contributed by atoms with van der Waals surface area (Å²) < 4.78 is 21.4. The van der Waals surface area contributed by atoms with Crippen molar-refractivity contribution >= 4 is 21.7 Å². The summed E-state index contributed by atoms with van der Waals surface area (Å²) in [6.45, 7) is 0.274. The second-order valence-corrected chi connectivity index (χ2v) is 4.86. The van der Waals surface area contributed by atoms with Crippen LogP contribution < -0.4 is 11.1 Å². The molecule has 0 bridgehead atoms. The summed E-state index contributed by atoms with van der Waals surface area (Å²) in [5.74, 6) is 0.546. The molecule has 1 aromatic rings. The molecule has 1 aromatic heterocycles. The monoisotopic (exact) mass is 205 g/mol. The van der Waals surface area contributed by atoms with E-state index in [2.05, 4.69) is 20.5 Å². The lowest BCUT2D eigenvalue weighted by Gasteiger charge is -1.98. The number of sulfone groups is 1. The molecular weight excluding hydrogens is 194 g/mol. The largest absolute Gasteiger partial charge is 0.368 e. The number of aromatic amines is 1. The lowest BCUT2D eigenvalue weighted by Crippen LogP contribution is -2.14. The Balaban J connectivity index is 2.36. The van der Waals surface area contributed by atoms with Crippen LogP contribution in [-0.4, -0.2) is 42.2 Å². The van der Waals surface area contributed by atoms with Crippen molar-refractivity contribution in [1.29, 1.82) is 0 Å². The minimum atomic E-state index is -2.95. The highest BCUT2D eigenvalue weighted by molar-refractivity contribution is 7.90. The number of nitrogens with zero attached hydrogens (tertiary/aromatic N) is 2. The number of nitrogen functional groups attached to an aromatic ring is 1. The molecule has 8 heteroatoms. The molecule has 0 saturated carbocycles. The van der Waals surface area contributed by atoms with E-state index in [1.165, 1.54) is 6.26 Å². The Bertz CT molecular complexity index is 370. The molecule has 7 nitrogen and oxygen atoms in total. The normalized spacial score (nSPS) is 11.5. The molecule has 0 aliphatic carbocycles. The molecular formula is C5H11N5O2S. The standard InChI is InChI=1S/C5H11N5O2S/c1-13(11,12)3-2-7-5-8-4(6)9-10-5/h2-3H2,1H3,(H4,6,7,8,9,10). The van der Waals surface area contributed by atoms with Crippen molar-refractivity contribution in [3.05, 3.63) is 0 Å². The third kappa shape index (κ3) is 3.74. The first-order valence-corrected chi connectivity index (χ1v) is 5.63. The Morgan fingerprint density at radius 2 is 2.31 bits per heavy atom. The van der Waals surface area contributed by atoms with Crippen molar-refractivity contribution in [1.82, 2.24) is 15.2 Å². The minimum absolute atomic E-state index is 0.0431. The van der Waals surface area contributed by atoms with E-state index in [0.717, 1.165) is 0 Å². The van der Waals surface area contributed by atoms with Crippen LogP contribution in [-0.2, 0) is 9.84 Å². The third-order valence-electron chi connectivity index (χ3n) is 1.26. The second kappa shape index (κ2) is 3.60. The first kappa shape index (κ1) is 9.78. The molecule has 0 unspecified atom stereocenters. The van der Waals surface area contributed by atoms with Crippen molar-refractivity contribution < 1.29 is 8.42 Å². The summed E-state index contributed by atoms with van der Waals surface area (Å²) in [5.41, 5.74) is 5.25. The minimum Gasteiger partial charge on any atom is -0.368 e. The van der Waals surface area contributed by atoms with Crippen molar-refractivity contribution in [2.45, 2.75) is 0 Å². The van der Waals surface area contributed by atoms with Gasteiger partial charge in [-0.3, -0.25) is 0 Å². The van der Waals surface area contributed by atoms with Crippen LogP contribution in [0, 0.1) is 0 Å². The quantitative estimate of drug-likeness (QED) is 0.571. The highest BCUT2D eigenvalue weighted by atomic mass is 32.2. The van der Waals surface area contributed by atoms with Crippen LogP contribution in [0.5, 0.6) is 0 Å². The zero-order chi connectivity index (χ0) is 9.90. The molecule has 1 heterocycles. The van der Waals surface area contributed by atoms with Crippen LogP contribution in [0.3, 0.4) is 0 Å². The fourth-order valence-corrected chi connectivity index (χ4v) is 1.17. The van der Waals surface area contributed by atoms with Crippen molar-refractivity contribution in [2.24, 2.45) is 0 Å². The number of aromatic nitrogens is 3. The van der Waals surface area contributed by atoms with Crippen molar-refractivity contribution in [3.8, 4) is 0 Å². The van der Waals surface area contributed by atoms with Crippen LogP contribution >= 0.6 is 0 Å². The first-order chi connectivity index (χ1) is 5.97. The molecule has 1 rings (SSSR count). The van der Waals surface area contributed by atoms with E-state index < -0.39 is 9.84 Å². The summed E-state index contributed by atoms with van der Waals surface area (Å²) >= 11 is 0. The van der Waals surface area contributed by atoms with Gasteiger partial charge < -0.3 is 11.1 Å². The third-order valence-corrected chi connectivity index (χ3v) is 2.20. The van der Waals surface area contributed by atoms with Crippen LogP contribution in [0.25, 0.3) is 0 Å². The van der Waals surface area contributed by atoms with E-state index in [1.807, 2.05) is 0 Å². The number of nitrogens with two attached hydrogens (primary N) is 1. The number of H-pyrrole nitrogens is 1. The van der Waals surface area contributed by atoms with E-state index >= 15 is 0 Å². The molecule has 4 N–H and O–H groups in total. The van der Waals surface area contributed by atoms with Gasteiger partial charge in [0, 0.05) is 12.8 Å². The molecule has 0 radical (unpaired) electrons. The Labute approximate surface area is 75.7 Å². The summed E-state index contributed by atoms with van der Waals surface area (Å²) in [7, 11) is -2.95. The molecule has 13 heavy (non-hydrogen) atoms. The van der Waals surface area contributed by atoms with Crippen LogP contribution in [0.4, 0.5) is 11.9 Å². The van der Waals surface area contributed by atoms with E-state index in [0.29, 0.717) is 5.95 Å². The maximum atomic E-state index is 10.7. The van der Waals surface area contributed by atoms with E-state index in [9.17, 15) is 8.42 Å². The Hall–Kier alpha value is -1.31. The zero-order valence-corrected chi connectivity index (χ0v) is 7.93. The molecule has 0 saturated heterocycles. The van der Waals surface area contributed by atoms with Gasteiger partial charge >= 0.3 is 0 Å². The van der Waals surface area contributed by atoms with Crippen molar-refractivity contribution in [2.75, 3.05) is 29.6 Å². The fraction of sp³-hybridized carbons (Fsp3) is 0.600. The summed E-state index contributed by atoms with van der Waals surface area (Å²) in [5, 5.41) is 8.80. The maximum absolute atomic E-state index is 10.7. The van der Waals surface area contributed by atoms with Gasteiger partial charge in [-0.15, -0.1) is 5.10 Å². The molecule has 74 valence electrons. The maximum Gasteiger partial charge on any atom is 0.243 e. The lowest BCUT2D eigenvalue weighted by molar-refractivity contribution is 0.602. The second-order valence-electron chi connectivity index (χ2n) is 2.60. The lowest BCUT2D eigenvalue weighted by atomic mass is 10.7. The van der Waals surface area contributed by atoms with E-state index in [1.54, 1.807) is 0 Å². The summed E-state index contributed by atoms with van der Waals surface area (Å²) in [4.78, 5) is 3.74. The van der Waals surface area contributed by atoms with Gasteiger partial charge in [0.25, 0.3) is 0 Å². The molecule has 0 aliphatic heterocycles. The number of hydrogen-bond donors (Lipinski definition) is 3. The molecule has 0 amide bonds. The van der Waals surface area contributed by atoms with E-state index in [4.69, 9.17) is 5.73 Å². The summed E-state index contributed by atoms with van der Waals surface area (Å²) in [6.07, 6.45) is 1.17. The van der Waals surface area contributed by atoms with Gasteiger partial charge in [0.1, 0.15) is 9.84 Å². The van der Waals surface area contributed by atoms with Crippen molar-refractivity contribution in [3.63, 3.8) is 0 Å². The SMILES string of the molecule is CS(=O)(=O)CCNc1n[nH]c(N)n1. The highest BCUT2D eigenvalue weighted by Gasteiger charge is 2.03. The Morgan fingerprint density at radius 3 is 2.77 bits per heavy atom. The smallest absolute Gasteiger partial charge is 0.243 e. The summed E-state index contributed by atoms with van der Waals surface area (Å²) in [6, 6.07) is 0. The van der Waals surface area contributed by atoms with Gasteiger partial charge in [-0.25, -0.2) is 13.5 Å². The van der Waals surface area contributed by atoms with Gasteiger partial charge in [-0.2, -0.15) is 4.98 Å². The van der Waals surface area contributed by atoms with Crippen LogP contribution in [0.1, 0.15) is 0 Å². The van der Waals surface area contributed by atoms with E-state index in [-0.39, 0.29) is 18.2 Å². The van der Waals surface area contributed by atoms with Gasteiger partial charge in [-0.1, -0.05) is 0 Å². The Kier molecular flexibility index (Phi) is 2.71. The van der Waals surface area contributed by atoms with Gasteiger partial charge in [0.15, 0.2) is 0 Å². The predicted molar refractivity (Wildman–Crippen MR) is 49.0 cm³/mol. The van der Waals surface area contributed by atoms with Crippen LogP contribution in [0.15, 0.2) is 0 Å². The van der Waals surface area contributed by atoms with Gasteiger partial charge in [-0.05, 0) is 0 Å². The average molecular weight is 205 g/mol. The highest BCUT2D eigenvalue weighted by Crippen LogP contribution is 1.97. The predicted octanol–water partition coefficient (Wildman–Crippen LogP) is -1.16. The number of anilines is 2. The molecule has 0 atom stereocenters. The van der Waals surface area contributed by atoms with Gasteiger partial charge in [0.05, 0.1) is 5.75 Å². The first-order valence-electron chi connectivity index (χ1n) is 3.57. The zero-order valence-electron chi connectivity index (χ0n) is 7.11. The molecule has 0 aliphatic rings. The molecule has 0 aromatic carbocycles. The number of hydrogen-bond acceptors (Lipinski definition) is 6. The van der Waals surface area contributed by atoms with Crippen LogP contribution in [0.2, 0.25) is 0 Å². The number of rotatable bonds is 4. The molecule has 0 fully saturated rings. The topological polar surface area (TPSA) is 114 Å². The van der Waals surface area contributed by atoms with Gasteiger partial charge in [0.2, 0.25) is 11.9 Å². The fourth-order valence-electron chi connectivity index (χ4n) is 0.702. The average Bonchev–Trinajstić information content (AvgIpc) is 2.33. The number of nitrogens with one attached hydrogen (secondary N) is 2. The molecule has 0 spiro atoms.